The third-order valence-electron chi connectivity index (χ3n) is 3.54. The molecule has 0 fully saturated rings. The van der Waals surface area contributed by atoms with Crippen LogP contribution < -0.4 is 5.32 Å². The molecule has 0 saturated heterocycles. The van der Waals surface area contributed by atoms with Gasteiger partial charge in [0, 0.05) is 6.26 Å². The fourth-order valence-electron chi connectivity index (χ4n) is 2.76. The molecule has 4 nitrogen and oxygen atoms in total. The predicted molar refractivity (Wildman–Crippen MR) is 74.6 cm³/mol. The summed E-state index contributed by atoms with van der Waals surface area (Å²) in [6, 6.07) is 8.01. The highest BCUT2D eigenvalue weighted by atomic mass is 32.2. The first-order chi connectivity index (χ1) is 8.80. The van der Waals surface area contributed by atoms with Crippen LogP contribution in [0.15, 0.2) is 24.3 Å². The highest BCUT2D eigenvalue weighted by molar-refractivity contribution is 7.91. The molecule has 0 unspecified atom stereocenters. The van der Waals surface area contributed by atoms with E-state index in [4.69, 9.17) is 0 Å². The lowest BCUT2D eigenvalue weighted by Gasteiger charge is -2.36. The van der Waals surface area contributed by atoms with Crippen molar-refractivity contribution < 1.29 is 13.2 Å². The Kier molecular flexibility index (Phi) is 3.67. The van der Waals surface area contributed by atoms with Crippen LogP contribution in [0, 0.1) is 0 Å². The van der Waals surface area contributed by atoms with Gasteiger partial charge >= 0.3 is 0 Å². The molecule has 0 heterocycles. The molecule has 1 aromatic carbocycles. The van der Waals surface area contributed by atoms with Gasteiger partial charge in [-0.05, 0) is 37.3 Å². The number of rotatable bonds is 3. The van der Waals surface area contributed by atoms with Crippen LogP contribution in [0.3, 0.4) is 0 Å². The number of nitrogens with one attached hydrogen (secondary N) is 1. The molecule has 2 rings (SSSR count). The van der Waals surface area contributed by atoms with Crippen molar-refractivity contribution in [2.45, 2.75) is 31.7 Å². The zero-order valence-electron chi connectivity index (χ0n) is 11.3. The quantitative estimate of drug-likeness (QED) is 0.911. The lowest BCUT2D eigenvalue weighted by molar-refractivity contribution is -0.120. The van der Waals surface area contributed by atoms with Crippen LogP contribution in [0.4, 0.5) is 0 Å². The Morgan fingerprint density at radius 1 is 1.37 bits per heavy atom. The van der Waals surface area contributed by atoms with Crippen LogP contribution in [0.1, 0.15) is 30.9 Å². The molecule has 0 saturated carbocycles. The molecule has 1 N–H and O–H groups in total. The molecule has 0 aromatic heterocycles. The summed E-state index contributed by atoms with van der Waals surface area (Å²) in [6.45, 7) is 1.96. The molecule has 19 heavy (non-hydrogen) atoms. The molecule has 1 atom stereocenters. The van der Waals surface area contributed by atoms with E-state index < -0.39 is 27.0 Å². The molecule has 0 aliphatic heterocycles. The first-order valence-corrected chi connectivity index (χ1v) is 8.43. The monoisotopic (exact) mass is 281 g/mol. The van der Waals surface area contributed by atoms with Crippen LogP contribution >= 0.6 is 0 Å². The largest absolute Gasteiger partial charge is 0.346 e. The molecule has 5 heteroatoms. The lowest BCUT2D eigenvalue weighted by atomic mass is 9.78. The summed E-state index contributed by atoms with van der Waals surface area (Å²) in [5.74, 6) is -0.883. The fraction of sp³-hybridized carbons (Fsp3) is 0.500. The number of sulfone groups is 1. The third kappa shape index (κ3) is 3.35. The van der Waals surface area contributed by atoms with Crippen molar-refractivity contribution in [1.82, 2.24) is 5.32 Å². The van der Waals surface area contributed by atoms with Crippen LogP contribution in [0.5, 0.6) is 0 Å². The number of carbonyl (C=O) groups is 1. The average molecular weight is 281 g/mol. The number of hydrogen-bond acceptors (Lipinski definition) is 3. The van der Waals surface area contributed by atoms with Crippen molar-refractivity contribution in [3.05, 3.63) is 35.4 Å². The molecule has 0 radical (unpaired) electrons. The maximum atomic E-state index is 11.9. The summed E-state index contributed by atoms with van der Waals surface area (Å²) in [6.07, 6.45) is 3.91. The normalized spacial score (nSPS) is 22.6. The van der Waals surface area contributed by atoms with Crippen molar-refractivity contribution >= 4 is 15.7 Å². The summed E-state index contributed by atoms with van der Waals surface area (Å²) >= 11 is 0. The number of aryl methyl sites for hydroxylation is 1. The number of amides is 1. The minimum atomic E-state index is -3.29. The second-order valence-electron chi connectivity index (χ2n) is 5.46. The second-order valence-corrected chi connectivity index (χ2v) is 7.60. The van der Waals surface area contributed by atoms with Crippen LogP contribution in [0.2, 0.25) is 0 Å². The molecule has 1 aliphatic carbocycles. The van der Waals surface area contributed by atoms with E-state index >= 15 is 0 Å². The van der Waals surface area contributed by atoms with Gasteiger partial charge in [0.15, 0.2) is 9.84 Å². The Morgan fingerprint density at radius 2 is 2.05 bits per heavy atom. The Balaban J connectivity index is 2.23. The molecule has 104 valence electrons. The molecule has 1 aliphatic rings. The summed E-state index contributed by atoms with van der Waals surface area (Å²) in [5.41, 5.74) is 1.87. The van der Waals surface area contributed by atoms with Crippen LogP contribution in [0.25, 0.3) is 0 Å². The SMILES string of the molecule is C[C@]1(NC(=O)CS(C)(=O)=O)CCCc2ccccc21. The Labute approximate surface area is 114 Å². The minimum absolute atomic E-state index is 0.429. The van der Waals surface area contributed by atoms with Gasteiger partial charge in [0.1, 0.15) is 5.75 Å². The number of hydrogen-bond donors (Lipinski definition) is 1. The van der Waals surface area contributed by atoms with Gasteiger partial charge in [0.05, 0.1) is 5.54 Å². The van der Waals surface area contributed by atoms with Crippen molar-refractivity contribution in [2.75, 3.05) is 12.0 Å². The van der Waals surface area contributed by atoms with Gasteiger partial charge in [-0.2, -0.15) is 0 Å². The molecular weight excluding hydrogens is 262 g/mol. The van der Waals surface area contributed by atoms with E-state index in [2.05, 4.69) is 11.4 Å². The zero-order valence-corrected chi connectivity index (χ0v) is 12.1. The highest BCUT2D eigenvalue weighted by Crippen LogP contribution is 2.34. The van der Waals surface area contributed by atoms with E-state index in [9.17, 15) is 13.2 Å². The highest BCUT2D eigenvalue weighted by Gasteiger charge is 2.33. The van der Waals surface area contributed by atoms with Gasteiger partial charge in [-0.1, -0.05) is 24.3 Å². The summed E-state index contributed by atoms with van der Waals surface area (Å²) in [5, 5.41) is 2.89. The molecular formula is C14H19NO3S. The molecule has 1 amide bonds. The molecule has 0 spiro atoms. The van der Waals surface area contributed by atoms with Crippen LogP contribution in [-0.4, -0.2) is 26.3 Å². The topological polar surface area (TPSA) is 63.2 Å². The van der Waals surface area contributed by atoms with Gasteiger partial charge in [-0.25, -0.2) is 8.42 Å². The van der Waals surface area contributed by atoms with Gasteiger partial charge in [0.25, 0.3) is 0 Å². The van der Waals surface area contributed by atoms with Gasteiger partial charge in [-0.15, -0.1) is 0 Å². The van der Waals surface area contributed by atoms with Crippen molar-refractivity contribution in [2.24, 2.45) is 0 Å². The molecule has 1 aromatic rings. The van der Waals surface area contributed by atoms with Crippen molar-refractivity contribution in [1.29, 1.82) is 0 Å². The van der Waals surface area contributed by atoms with E-state index in [1.165, 1.54) is 5.56 Å². The van der Waals surface area contributed by atoms with Crippen molar-refractivity contribution in [3.8, 4) is 0 Å². The average Bonchev–Trinajstić information content (AvgIpc) is 2.26. The van der Waals surface area contributed by atoms with E-state index in [1.54, 1.807) is 0 Å². The number of carbonyl (C=O) groups excluding carboxylic acids is 1. The maximum absolute atomic E-state index is 11.9. The fourth-order valence-corrected chi connectivity index (χ4v) is 3.30. The maximum Gasteiger partial charge on any atom is 0.235 e. The van der Waals surface area contributed by atoms with Crippen LogP contribution in [-0.2, 0) is 26.6 Å². The first-order valence-electron chi connectivity index (χ1n) is 6.37. The van der Waals surface area contributed by atoms with E-state index in [0.29, 0.717) is 0 Å². The third-order valence-corrected chi connectivity index (χ3v) is 4.33. The first kappa shape index (κ1) is 14.1. The summed E-state index contributed by atoms with van der Waals surface area (Å²) < 4.78 is 22.3. The smallest absolute Gasteiger partial charge is 0.235 e. The standard InChI is InChI=1S/C14H19NO3S/c1-14(15-13(16)10-19(2,17)18)9-5-7-11-6-3-4-8-12(11)14/h3-4,6,8H,5,7,9-10H2,1-2H3,(H,15,16)/t14-/m0/s1. The Bertz CT molecular complexity index is 594. The Morgan fingerprint density at radius 3 is 2.74 bits per heavy atom. The lowest BCUT2D eigenvalue weighted by Crippen LogP contribution is -2.47. The van der Waals surface area contributed by atoms with Gasteiger partial charge < -0.3 is 5.32 Å². The Hall–Kier alpha value is -1.36. The second kappa shape index (κ2) is 4.96. The van der Waals surface area contributed by atoms with E-state index in [1.807, 2.05) is 25.1 Å². The van der Waals surface area contributed by atoms with E-state index in [-0.39, 0.29) is 0 Å². The minimum Gasteiger partial charge on any atom is -0.346 e. The summed E-state index contributed by atoms with van der Waals surface area (Å²) in [7, 11) is -3.29. The van der Waals surface area contributed by atoms with Gasteiger partial charge in [-0.3, -0.25) is 4.79 Å². The number of benzene rings is 1. The summed E-state index contributed by atoms with van der Waals surface area (Å²) in [4.78, 5) is 11.9. The van der Waals surface area contributed by atoms with Crippen molar-refractivity contribution in [3.63, 3.8) is 0 Å². The zero-order chi connectivity index (χ0) is 14.1. The van der Waals surface area contributed by atoms with E-state index in [0.717, 1.165) is 31.1 Å². The predicted octanol–water partition coefficient (Wildman–Crippen LogP) is 1.40. The number of fused-ring (bicyclic) bond motifs is 1. The van der Waals surface area contributed by atoms with Gasteiger partial charge in [0.2, 0.25) is 5.91 Å². The molecule has 0 bridgehead atoms.